The van der Waals surface area contributed by atoms with Gasteiger partial charge >= 0.3 is 0 Å². The molecule has 3 heterocycles. The molecule has 1 saturated carbocycles. The molecule has 21 heavy (non-hydrogen) atoms. The standard InChI is InChI=1S/C16H16N4O/c17-10-11-14(20-8-5-16(3-4-16)6-9-20)13-12(19-15(11)21)2-1-7-18-13/h1-2,7H,3-6,8-9H2,(H,19,21). The van der Waals surface area contributed by atoms with Crippen molar-refractivity contribution in [3.8, 4) is 6.07 Å². The van der Waals surface area contributed by atoms with E-state index < -0.39 is 0 Å². The monoisotopic (exact) mass is 280 g/mol. The molecule has 2 fully saturated rings. The van der Waals surface area contributed by atoms with Crippen molar-refractivity contribution < 1.29 is 0 Å². The number of piperidine rings is 1. The molecule has 1 aliphatic carbocycles. The second kappa shape index (κ2) is 4.32. The Morgan fingerprint density at radius 1 is 1.29 bits per heavy atom. The Morgan fingerprint density at radius 2 is 2.05 bits per heavy atom. The number of aromatic amines is 1. The first-order chi connectivity index (χ1) is 10.2. The average molecular weight is 280 g/mol. The topological polar surface area (TPSA) is 72.8 Å². The Morgan fingerprint density at radius 3 is 2.71 bits per heavy atom. The lowest BCUT2D eigenvalue weighted by Crippen LogP contribution is -2.36. The molecule has 1 saturated heterocycles. The van der Waals surface area contributed by atoms with E-state index in [9.17, 15) is 10.1 Å². The molecule has 2 aromatic heterocycles. The van der Waals surface area contributed by atoms with Gasteiger partial charge in [0, 0.05) is 19.3 Å². The van der Waals surface area contributed by atoms with Crippen molar-refractivity contribution in [3.05, 3.63) is 34.2 Å². The van der Waals surface area contributed by atoms with Crippen LogP contribution in [0.5, 0.6) is 0 Å². The number of rotatable bonds is 1. The Bertz CT molecular complexity index is 803. The molecule has 0 amide bonds. The van der Waals surface area contributed by atoms with Crippen LogP contribution in [0.3, 0.4) is 0 Å². The lowest BCUT2D eigenvalue weighted by molar-refractivity contribution is 0.384. The van der Waals surface area contributed by atoms with Crippen LogP contribution in [0.25, 0.3) is 11.0 Å². The zero-order chi connectivity index (χ0) is 14.4. The molecule has 1 aliphatic heterocycles. The minimum Gasteiger partial charge on any atom is -0.368 e. The number of H-pyrrole nitrogens is 1. The molecule has 0 atom stereocenters. The molecule has 0 aromatic carbocycles. The summed E-state index contributed by atoms with van der Waals surface area (Å²) < 4.78 is 0. The summed E-state index contributed by atoms with van der Waals surface area (Å²) in [4.78, 5) is 21.5. The molecule has 5 heteroatoms. The van der Waals surface area contributed by atoms with Gasteiger partial charge in [-0.2, -0.15) is 5.26 Å². The number of fused-ring (bicyclic) bond motifs is 1. The molecule has 2 aliphatic rings. The Hall–Kier alpha value is -2.35. The molecule has 0 radical (unpaired) electrons. The van der Waals surface area contributed by atoms with Gasteiger partial charge in [0.1, 0.15) is 17.1 Å². The number of hydrogen-bond donors (Lipinski definition) is 1. The average Bonchev–Trinajstić information content (AvgIpc) is 3.26. The fourth-order valence-electron chi connectivity index (χ4n) is 3.40. The quantitative estimate of drug-likeness (QED) is 0.869. The van der Waals surface area contributed by atoms with E-state index in [-0.39, 0.29) is 11.1 Å². The molecule has 2 aromatic rings. The lowest BCUT2D eigenvalue weighted by Gasteiger charge is -2.34. The van der Waals surface area contributed by atoms with E-state index in [0.29, 0.717) is 16.6 Å². The van der Waals surface area contributed by atoms with E-state index in [1.165, 1.54) is 12.8 Å². The predicted molar refractivity (Wildman–Crippen MR) is 80.2 cm³/mol. The van der Waals surface area contributed by atoms with Crippen LogP contribution < -0.4 is 10.5 Å². The van der Waals surface area contributed by atoms with Crippen molar-refractivity contribution in [1.82, 2.24) is 9.97 Å². The number of nitrogens with zero attached hydrogens (tertiary/aromatic N) is 3. The van der Waals surface area contributed by atoms with Crippen molar-refractivity contribution in [2.24, 2.45) is 5.41 Å². The van der Waals surface area contributed by atoms with Gasteiger partial charge in [-0.3, -0.25) is 9.78 Å². The molecule has 4 rings (SSSR count). The van der Waals surface area contributed by atoms with E-state index >= 15 is 0 Å². The Balaban J connectivity index is 1.86. The van der Waals surface area contributed by atoms with E-state index in [1.54, 1.807) is 12.3 Å². The number of nitrogens with one attached hydrogen (secondary N) is 1. The summed E-state index contributed by atoms with van der Waals surface area (Å²) in [6.07, 6.45) is 6.68. The molecular weight excluding hydrogens is 264 g/mol. The van der Waals surface area contributed by atoms with Gasteiger partial charge < -0.3 is 9.88 Å². The summed E-state index contributed by atoms with van der Waals surface area (Å²) in [6.45, 7) is 1.81. The molecule has 0 bridgehead atoms. The smallest absolute Gasteiger partial charge is 0.268 e. The highest BCUT2D eigenvalue weighted by atomic mass is 16.1. The van der Waals surface area contributed by atoms with Crippen LogP contribution >= 0.6 is 0 Å². The number of hydrogen-bond acceptors (Lipinski definition) is 4. The molecule has 1 spiro atoms. The highest BCUT2D eigenvalue weighted by molar-refractivity contribution is 5.91. The first-order valence-corrected chi connectivity index (χ1v) is 7.39. The minimum absolute atomic E-state index is 0.188. The van der Waals surface area contributed by atoms with Crippen molar-refractivity contribution in [2.75, 3.05) is 18.0 Å². The zero-order valence-electron chi connectivity index (χ0n) is 11.7. The number of pyridine rings is 2. The van der Waals surface area contributed by atoms with Gasteiger partial charge in [0.05, 0.1) is 11.2 Å². The third-order valence-corrected chi connectivity index (χ3v) is 4.95. The van der Waals surface area contributed by atoms with Crippen molar-refractivity contribution >= 4 is 16.7 Å². The van der Waals surface area contributed by atoms with Crippen molar-refractivity contribution in [1.29, 1.82) is 5.26 Å². The second-order valence-corrected chi connectivity index (χ2v) is 6.18. The van der Waals surface area contributed by atoms with E-state index in [1.807, 2.05) is 6.07 Å². The van der Waals surface area contributed by atoms with Crippen molar-refractivity contribution in [2.45, 2.75) is 25.7 Å². The van der Waals surface area contributed by atoms with Crippen LogP contribution in [-0.4, -0.2) is 23.1 Å². The summed E-state index contributed by atoms with van der Waals surface area (Å²) in [5.74, 6) is 0. The summed E-state index contributed by atoms with van der Waals surface area (Å²) >= 11 is 0. The second-order valence-electron chi connectivity index (χ2n) is 6.18. The van der Waals surface area contributed by atoms with Gasteiger partial charge in [-0.15, -0.1) is 0 Å². The van der Waals surface area contributed by atoms with Crippen LogP contribution in [0, 0.1) is 16.7 Å². The van der Waals surface area contributed by atoms with Crippen LogP contribution in [0.15, 0.2) is 23.1 Å². The lowest BCUT2D eigenvalue weighted by atomic mass is 9.93. The first kappa shape index (κ1) is 12.4. The normalized spacial score (nSPS) is 19.7. The summed E-state index contributed by atoms with van der Waals surface area (Å²) in [6, 6.07) is 5.69. The SMILES string of the molecule is N#Cc1c(N2CCC3(CC2)CC3)c2ncccc2[nH]c1=O. The first-order valence-electron chi connectivity index (χ1n) is 7.39. The summed E-state index contributed by atoms with van der Waals surface area (Å²) in [7, 11) is 0. The predicted octanol–water partition coefficient (Wildman–Crippen LogP) is 2.18. The third-order valence-electron chi connectivity index (χ3n) is 4.95. The Labute approximate surface area is 122 Å². The van der Waals surface area contributed by atoms with Gasteiger partial charge in [0.25, 0.3) is 5.56 Å². The number of nitriles is 1. The number of aromatic nitrogens is 2. The maximum atomic E-state index is 12.1. The van der Waals surface area contributed by atoms with E-state index in [4.69, 9.17) is 0 Å². The largest absolute Gasteiger partial charge is 0.368 e. The third kappa shape index (κ3) is 1.90. The van der Waals surface area contributed by atoms with Crippen LogP contribution in [-0.2, 0) is 0 Å². The van der Waals surface area contributed by atoms with E-state index in [2.05, 4.69) is 20.9 Å². The zero-order valence-corrected chi connectivity index (χ0v) is 11.7. The Kier molecular flexibility index (Phi) is 2.55. The van der Waals surface area contributed by atoms with Gasteiger partial charge in [-0.05, 0) is 43.2 Å². The molecule has 0 unspecified atom stereocenters. The highest BCUT2D eigenvalue weighted by Crippen LogP contribution is 2.54. The fourth-order valence-corrected chi connectivity index (χ4v) is 3.40. The fraction of sp³-hybridized carbons (Fsp3) is 0.438. The van der Waals surface area contributed by atoms with Gasteiger partial charge in [-0.25, -0.2) is 0 Å². The summed E-state index contributed by atoms with van der Waals surface area (Å²) in [5, 5.41) is 9.38. The van der Waals surface area contributed by atoms with Gasteiger partial charge in [-0.1, -0.05) is 0 Å². The maximum Gasteiger partial charge on any atom is 0.268 e. The van der Waals surface area contributed by atoms with E-state index in [0.717, 1.165) is 31.4 Å². The molecule has 106 valence electrons. The maximum absolute atomic E-state index is 12.1. The minimum atomic E-state index is -0.320. The van der Waals surface area contributed by atoms with Crippen molar-refractivity contribution in [3.63, 3.8) is 0 Å². The van der Waals surface area contributed by atoms with Crippen LogP contribution in [0.2, 0.25) is 0 Å². The number of anilines is 1. The summed E-state index contributed by atoms with van der Waals surface area (Å²) in [5.41, 5.74) is 2.57. The molecule has 5 nitrogen and oxygen atoms in total. The van der Waals surface area contributed by atoms with Crippen LogP contribution in [0.1, 0.15) is 31.2 Å². The van der Waals surface area contributed by atoms with Gasteiger partial charge in [0.2, 0.25) is 0 Å². The highest BCUT2D eigenvalue weighted by Gasteiger charge is 2.44. The van der Waals surface area contributed by atoms with Gasteiger partial charge in [0.15, 0.2) is 0 Å². The molecular formula is C16H16N4O. The molecule has 1 N–H and O–H groups in total. The van der Waals surface area contributed by atoms with Crippen LogP contribution in [0.4, 0.5) is 5.69 Å².